The van der Waals surface area contributed by atoms with Crippen LogP contribution in [-0.4, -0.2) is 0 Å². The van der Waals surface area contributed by atoms with Gasteiger partial charge in [0.2, 0.25) is 0 Å². The van der Waals surface area contributed by atoms with E-state index in [-0.39, 0.29) is 26.2 Å². The van der Waals surface area contributed by atoms with Crippen molar-refractivity contribution in [2.24, 2.45) is 0 Å². The summed E-state index contributed by atoms with van der Waals surface area (Å²) in [5.74, 6) is 0. The van der Waals surface area contributed by atoms with E-state index >= 15 is 0 Å². The molecule has 0 bridgehead atoms. The van der Waals surface area contributed by atoms with Crippen LogP contribution < -0.4 is 0 Å². The van der Waals surface area contributed by atoms with E-state index in [0.717, 1.165) is 6.42 Å². The summed E-state index contributed by atoms with van der Waals surface area (Å²) in [6.45, 7) is 6.30. The van der Waals surface area contributed by atoms with Crippen LogP contribution in [0.2, 0.25) is 0 Å². The molecular weight excluding hydrogens is 247 g/mol. The molecule has 1 aromatic carbocycles. The largest absolute Gasteiger partial charge is 2.00 e. The van der Waals surface area contributed by atoms with Crippen LogP contribution in [0.4, 0.5) is 0 Å². The number of allylic oxidation sites excluding steroid dienone is 4. The fourth-order valence-corrected chi connectivity index (χ4v) is 1.11. The molecule has 0 atom stereocenters. The first-order chi connectivity index (χ1) is 6.20. The summed E-state index contributed by atoms with van der Waals surface area (Å²) in [5, 5.41) is 0. The Hall–Kier alpha value is -0.287. The summed E-state index contributed by atoms with van der Waals surface area (Å²) in [7, 11) is 0. The first kappa shape index (κ1) is 13.7. The van der Waals surface area contributed by atoms with Crippen molar-refractivity contribution in [2.45, 2.75) is 27.2 Å². The molecule has 0 amide bonds. The first-order valence-electron chi connectivity index (χ1n) is 4.63. The summed E-state index contributed by atoms with van der Waals surface area (Å²) >= 11 is 0. The number of rotatable bonds is 0. The Balaban J connectivity index is 0.000000227. The van der Waals surface area contributed by atoms with Gasteiger partial charge in [0.25, 0.3) is 0 Å². The van der Waals surface area contributed by atoms with Crippen LogP contribution in [0.25, 0.3) is 0 Å². The van der Waals surface area contributed by atoms with E-state index < -0.39 is 0 Å². The summed E-state index contributed by atoms with van der Waals surface area (Å²) < 4.78 is 0. The predicted molar refractivity (Wildman–Crippen MR) is 57.7 cm³/mol. The Labute approximate surface area is 106 Å². The van der Waals surface area contributed by atoms with Gasteiger partial charge in [0.05, 0.1) is 0 Å². The molecule has 0 nitrogen and oxygen atoms in total. The average Bonchev–Trinajstić information content (AvgIpc) is 2.67. The second-order valence-corrected chi connectivity index (χ2v) is 3.36. The third kappa shape index (κ3) is 4.81. The van der Waals surface area contributed by atoms with E-state index in [9.17, 15) is 0 Å². The molecule has 1 aromatic rings. The summed E-state index contributed by atoms with van der Waals surface area (Å²) in [4.78, 5) is 0. The molecule has 0 spiro atoms. The monoisotopic (exact) mass is 262 g/mol. The molecule has 0 aromatic heterocycles. The maximum atomic E-state index is 3.12. The summed E-state index contributed by atoms with van der Waals surface area (Å²) in [6, 6.07) is 6.31. The van der Waals surface area contributed by atoms with Crippen LogP contribution in [0.15, 0.2) is 35.9 Å². The average molecular weight is 263 g/mol. The van der Waals surface area contributed by atoms with Gasteiger partial charge in [-0.15, -0.1) is 6.42 Å². The molecular formula is C13H16Zr. The van der Waals surface area contributed by atoms with E-state index in [1.165, 1.54) is 16.7 Å². The first-order valence-corrected chi connectivity index (χ1v) is 4.63. The van der Waals surface area contributed by atoms with Gasteiger partial charge in [-0.05, 0) is 0 Å². The molecule has 72 valence electrons. The van der Waals surface area contributed by atoms with Crippen molar-refractivity contribution >= 4 is 0 Å². The smallest absolute Gasteiger partial charge is 0.270 e. The zero-order valence-corrected chi connectivity index (χ0v) is 11.6. The minimum absolute atomic E-state index is 0. The Bertz CT molecular complexity index is 296. The Morgan fingerprint density at radius 2 is 2.07 bits per heavy atom. The molecule has 0 fully saturated rings. The molecule has 1 aliphatic rings. The fourth-order valence-electron chi connectivity index (χ4n) is 1.11. The maximum Gasteiger partial charge on any atom is 2.00 e. The second kappa shape index (κ2) is 7.06. The molecule has 0 unspecified atom stereocenters. The van der Waals surface area contributed by atoms with Crippen LogP contribution in [0.5, 0.6) is 0 Å². The van der Waals surface area contributed by atoms with Crippen molar-refractivity contribution in [1.29, 1.82) is 0 Å². The molecule has 1 aliphatic carbocycles. The molecule has 0 saturated heterocycles. The molecule has 1 heteroatoms. The third-order valence-corrected chi connectivity index (χ3v) is 2.18. The normalized spacial score (nSPS) is 12.6. The van der Waals surface area contributed by atoms with Gasteiger partial charge >= 0.3 is 26.2 Å². The summed E-state index contributed by atoms with van der Waals surface area (Å²) in [5.41, 5.74) is 4.05. The minimum atomic E-state index is 0. The van der Waals surface area contributed by atoms with Gasteiger partial charge in [-0.3, -0.25) is 6.08 Å². The standard InChI is InChI=1S/C7H9.C6H7.Zr/c1-6-4-3-5-7(6)2;1-6-4-2-3-5-6;/h3-5H,1-2H3;2,4H,3H2,1H3;/q2*-1;+2. The van der Waals surface area contributed by atoms with Gasteiger partial charge < -0.3 is 0 Å². The zero-order valence-electron chi connectivity index (χ0n) is 9.09. The predicted octanol–water partition coefficient (Wildman–Crippen LogP) is 3.72. The Kier molecular flexibility index (Phi) is 6.92. The van der Waals surface area contributed by atoms with Crippen LogP contribution >= 0.6 is 0 Å². The van der Waals surface area contributed by atoms with Crippen molar-refractivity contribution in [3.8, 4) is 0 Å². The molecule has 0 heterocycles. The van der Waals surface area contributed by atoms with Gasteiger partial charge in [-0.2, -0.15) is 23.3 Å². The molecule has 0 aliphatic heterocycles. The van der Waals surface area contributed by atoms with Crippen molar-refractivity contribution in [1.82, 2.24) is 0 Å². The van der Waals surface area contributed by atoms with E-state index in [1.54, 1.807) is 0 Å². The second-order valence-electron chi connectivity index (χ2n) is 3.36. The van der Waals surface area contributed by atoms with Crippen molar-refractivity contribution in [3.05, 3.63) is 53.1 Å². The van der Waals surface area contributed by atoms with Gasteiger partial charge in [-0.25, -0.2) is 23.8 Å². The molecule has 0 radical (unpaired) electrons. The van der Waals surface area contributed by atoms with E-state index in [0.29, 0.717) is 0 Å². The van der Waals surface area contributed by atoms with E-state index in [1.807, 2.05) is 0 Å². The van der Waals surface area contributed by atoms with Gasteiger partial charge in [0.1, 0.15) is 0 Å². The summed E-state index contributed by atoms with van der Waals surface area (Å²) in [6.07, 6.45) is 8.33. The van der Waals surface area contributed by atoms with Crippen molar-refractivity contribution in [3.63, 3.8) is 0 Å². The van der Waals surface area contributed by atoms with E-state index in [4.69, 9.17) is 0 Å². The van der Waals surface area contributed by atoms with E-state index in [2.05, 4.69) is 57.2 Å². The molecule has 14 heavy (non-hydrogen) atoms. The number of hydrogen-bond acceptors (Lipinski definition) is 0. The van der Waals surface area contributed by atoms with Crippen LogP contribution in [0.1, 0.15) is 24.5 Å². The minimum Gasteiger partial charge on any atom is -0.270 e. The van der Waals surface area contributed by atoms with Crippen molar-refractivity contribution < 1.29 is 26.2 Å². The van der Waals surface area contributed by atoms with Gasteiger partial charge in [0, 0.05) is 0 Å². The van der Waals surface area contributed by atoms with Crippen LogP contribution in [0, 0.1) is 19.9 Å². The van der Waals surface area contributed by atoms with Gasteiger partial charge in [0.15, 0.2) is 0 Å². The molecule has 0 N–H and O–H groups in total. The van der Waals surface area contributed by atoms with Crippen LogP contribution in [-0.2, 0) is 26.2 Å². The van der Waals surface area contributed by atoms with Crippen molar-refractivity contribution in [2.75, 3.05) is 0 Å². The molecule has 2 rings (SSSR count). The van der Waals surface area contributed by atoms with Gasteiger partial charge in [-0.1, -0.05) is 20.8 Å². The maximum absolute atomic E-state index is 3.12. The van der Waals surface area contributed by atoms with Crippen LogP contribution in [0.3, 0.4) is 0 Å². The number of hydrogen-bond donors (Lipinski definition) is 0. The topological polar surface area (TPSA) is 0 Å². The Morgan fingerprint density at radius 1 is 1.36 bits per heavy atom. The SMILES string of the molecule is CC1=[C-]CC=C1.Cc1ccc[c-]1C.[Zr+2]. The third-order valence-electron chi connectivity index (χ3n) is 2.18. The quantitative estimate of drug-likeness (QED) is 0.626. The Morgan fingerprint density at radius 3 is 2.21 bits per heavy atom. The fraction of sp³-hybridized carbons (Fsp3) is 0.308. The molecule has 0 saturated carbocycles. The number of aryl methyl sites for hydroxylation is 2. The zero-order chi connectivity index (χ0) is 9.68.